The normalized spacial score (nSPS) is 12.0. The number of ether oxygens (including phenoxy) is 1. The SMILES string of the molecule is CCOc1cc(-c2ccc(CC(=O)Nc3cc(C(C)(C)C(F)(F)F)nn3C)c(F)c2)cnc1C. The molecule has 1 N–H and O–H groups in total. The second-order valence-corrected chi connectivity index (χ2v) is 8.43. The van der Waals surface area contributed by atoms with Gasteiger partial charge in [-0.1, -0.05) is 12.1 Å². The number of halogens is 4. The molecule has 1 amide bonds. The van der Waals surface area contributed by atoms with E-state index in [0.29, 0.717) is 23.5 Å². The van der Waals surface area contributed by atoms with Crippen LogP contribution in [0.15, 0.2) is 36.5 Å². The van der Waals surface area contributed by atoms with Gasteiger partial charge in [-0.2, -0.15) is 18.3 Å². The zero-order valence-corrected chi connectivity index (χ0v) is 19.5. The van der Waals surface area contributed by atoms with Crippen LogP contribution in [0.1, 0.15) is 37.7 Å². The second kappa shape index (κ2) is 9.44. The first-order valence-electron chi connectivity index (χ1n) is 10.6. The highest BCUT2D eigenvalue weighted by molar-refractivity contribution is 5.91. The summed E-state index contributed by atoms with van der Waals surface area (Å²) in [6, 6.07) is 7.41. The van der Waals surface area contributed by atoms with Crippen molar-refractivity contribution in [1.82, 2.24) is 14.8 Å². The first-order chi connectivity index (χ1) is 15.8. The first kappa shape index (κ1) is 25.2. The lowest BCUT2D eigenvalue weighted by atomic mass is 9.89. The molecule has 6 nitrogen and oxygen atoms in total. The van der Waals surface area contributed by atoms with Crippen LogP contribution in [0.25, 0.3) is 11.1 Å². The average Bonchev–Trinajstić information content (AvgIpc) is 3.11. The molecule has 0 bridgehead atoms. The number of pyridine rings is 1. The Hall–Kier alpha value is -3.43. The Morgan fingerprint density at radius 1 is 1.15 bits per heavy atom. The van der Waals surface area contributed by atoms with Crippen molar-refractivity contribution in [2.24, 2.45) is 7.05 Å². The number of amides is 1. The van der Waals surface area contributed by atoms with Crippen LogP contribution in [0.4, 0.5) is 23.4 Å². The largest absolute Gasteiger partial charge is 0.492 e. The molecule has 0 unspecified atom stereocenters. The monoisotopic (exact) mass is 478 g/mol. The van der Waals surface area contributed by atoms with Crippen LogP contribution in [-0.4, -0.2) is 33.5 Å². The fourth-order valence-electron chi connectivity index (χ4n) is 3.24. The number of rotatable bonds is 7. The number of aromatic nitrogens is 3. The average molecular weight is 478 g/mol. The number of anilines is 1. The molecule has 0 saturated heterocycles. The highest BCUT2D eigenvalue weighted by Gasteiger charge is 2.50. The highest BCUT2D eigenvalue weighted by Crippen LogP contribution is 2.40. The molecule has 0 aliphatic carbocycles. The maximum Gasteiger partial charge on any atom is 0.399 e. The fraction of sp³-hybridized carbons (Fsp3) is 0.375. The first-order valence-corrected chi connectivity index (χ1v) is 10.6. The van der Waals surface area contributed by atoms with E-state index < -0.39 is 23.3 Å². The molecule has 0 saturated carbocycles. The summed E-state index contributed by atoms with van der Waals surface area (Å²) in [4.78, 5) is 16.8. The summed E-state index contributed by atoms with van der Waals surface area (Å²) < 4.78 is 61.3. The number of hydrogen-bond donors (Lipinski definition) is 1. The number of benzene rings is 1. The summed E-state index contributed by atoms with van der Waals surface area (Å²) >= 11 is 0. The van der Waals surface area contributed by atoms with Crippen LogP contribution in [0.3, 0.4) is 0 Å². The zero-order valence-electron chi connectivity index (χ0n) is 19.5. The van der Waals surface area contributed by atoms with E-state index in [4.69, 9.17) is 4.74 Å². The highest BCUT2D eigenvalue weighted by atomic mass is 19.4. The maximum atomic E-state index is 14.8. The predicted octanol–water partition coefficient (Wildman–Crippen LogP) is 5.35. The van der Waals surface area contributed by atoms with Crippen LogP contribution in [-0.2, 0) is 23.7 Å². The van der Waals surface area contributed by atoms with Gasteiger partial charge in [0.25, 0.3) is 0 Å². The number of carbonyl (C=O) groups excluding carboxylic acids is 1. The molecule has 0 spiro atoms. The number of alkyl halides is 3. The van der Waals surface area contributed by atoms with Crippen LogP contribution in [0.5, 0.6) is 5.75 Å². The molecule has 0 radical (unpaired) electrons. The molecule has 182 valence electrons. The van der Waals surface area contributed by atoms with Gasteiger partial charge >= 0.3 is 6.18 Å². The van der Waals surface area contributed by atoms with E-state index in [0.717, 1.165) is 24.2 Å². The second-order valence-electron chi connectivity index (χ2n) is 8.43. The van der Waals surface area contributed by atoms with E-state index in [1.165, 1.54) is 25.2 Å². The van der Waals surface area contributed by atoms with E-state index in [1.807, 2.05) is 13.8 Å². The molecule has 0 aliphatic rings. The third kappa shape index (κ3) is 5.21. The maximum absolute atomic E-state index is 14.8. The summed E-state index contributed by atoms with van der Waals surface area (Å²) in [5, 5.41) is 6.39. The Bertz CT molecular complexity index is 1200. The van der Waals surface area contributed by atoms with E-state index in [2.05, 4.69) is 15.4 Å². The fourth-order valence-corrected chi connectivity index (χ4v) is 3.24. The molecule has 10 heteroatoms. The number of nitrogens with zero attached hydrogens (tertiary/aromatic N) is 3. The van der Waals surface area contributed by atoms with E-state index in [9.17, 15) is 22.4 Å². The molecular weight excluding hydrogens is 452 g/mol. The lowest BCUT2D eigenvalue weighted by Crippen LogP contribution is -2.36. The third-order valence-electron chi connectivity index (χ3n) is 5.57. The minimum absolute atomic E-state index is 0.0866. The molecule has 2 heterocycles. The van der Waals surface area contributed by atoms with Crippen molar-refractivity contribution in [3.05, 3.63) is 59.3 Å². The van der Waals surface area contributed by atoms with Gasteiger partial charge in [-0.25, -0.2) is 4.39 Å². The van der Waals surface area contributed by atoms with Gasteiger partial charge in [0.1, 0.15) is 22.8 Å². The Morgan fingerprint density at radius 3 is 2.47 bits per heavy atom. The lowest BCUT2D eigenvalue weighted by Gasteiger charge is -2.25. The van der Waals surface area contributed by atoms with Gasteiger partial charge in [0.05, 0.1) is 24.4 Å². The number of aryl methyl sites for hydroxylation is 2. The molecule has 3 aromatic rings. The van der Waals surface area contributed by atoms with Gasteiger partial charge in [0.2, 0.25) is 5.91 Å². The van der Waals surface area contributed by atoms with Crippen molar-refractivity contribution in [3.63, 3.8) is 0 Å². The minimum atomic E-state index is -4.51. The molecule has 1 aromatic carbocycles. The molecule has 0 fully saturated rings. The Kier molecular flexibility index (Phi) is 6.99. The van der Waals surface area contributed by atoms with Crippen LogP contribution >= 0.6 is 0 Å². The van der Waals surface area contributed by atoms with Gasteiger partial charge < -0.3 is 10.1 Å². The summed E-state index contributed by atoms with van der Waals surface area (Å²) in [6.07, 6.45) is -3.20. The smallest absolute Gasteiger partial charge is 0.399 e. The zero-order chi connectivity index (χ0) is 25.3. The molecule has 0 atom stereocenters. The number of carbonyl (C=O) groups is 1. The van der Waals surface area contributed by atoms with Gasteiger partial charge in [-0.05, 0) is 51.0 Å². The van der Waals surface area contributed by atoms with E-state index in [-0.39, 0.29) is 23.5 Å². The summed E-state index contributed by atoms with van der Waals surface area (Å²) in [7, 11) is 1.42. The lowest BCUT2D eigenvalue weighted by molar-refractivity contribution is -0.181. The van der Waals surface area contributed by atoms with E-state index >= 15 is 0 Å². The van der Waals surface area contributed by atoms with E-state index in [1.54, 1.807) is 18.3 Å². The van der Waals surface area contributed by atoms with Crippen molar-refractivity contribution in [2.45, 2.75) is 45.7 Å². The standard InChI is InChI=1S/C24H26F4N4O2/c1-6-34-19-10-17(13-29-14(19)2)15-7-8-16(18(25)9-15)11-22(33)30-21-12-20(31-32(21)5)23(3,4)24(26,27)28/h7-10,12-13H,6,11H2,1-5H3,(H,30,33). The van der Waals surface area contributed by atoms with Crippen molar-refractivity contribution < 1.29 is 27.1 Å². The Labute approximate surface area is 195 Å². The molecule has 0 aliphatic heterocycles. The van der Waals surface area contributed by atoms with Crippen molar-refractivity contribution in [2.75, 3.05) is 11.9 Å². The Morgan fingerprint density at radius 2 is 1.85 bits per heavy atom. The number of hydrogen-bond acceptors (Lipinski definition) is 4. The van der Waals surface area contributed by atoms with Gasteiger partial charge in [-0.15, -0.1) is 0 Å². The third-order valence-corrected chi connectivity index (χ3v) is 5.57. The molecular formula is C24H26F4N4O2. The summed E-state index contributed by atoms with van der Waals surface area (Å²) in [6.45, 7) is 6.17. The predicted molar refractivity (Wildman–Crippen MR) is 120 cm³/mol. The molecule has 34 heavy (non-hydrogen) atoms. The number of nitrogens with one attached hydrogen (secondary N) is 1. The van der Waals surface area contributed by atoms with Gasteiger partial charge in [0.15, 0.2) is 0 Å². The van der Waals surface area contributed by atoms with Gasteiger partial charge in [0, 0.05) is 24.9 Å². The van der Waals surface area contributed by atoms with Crippen LogP contribution in [0, 0.1) is 12.7 Å². The summed E-state index contributed by atoms with van der Waals surface area (Å²) in [5.74, 6) is -0.478. The van der Waals surface area contributed by atoms with Gasteiger partial charge in [-0.3, -0.25) is 14.5 Å². The Balaban J connectivity index is 1.75. The molecule has 2 aromatic heterocycles. The quantitative estimate of drug-likeness (QED) is 0.465. The summed E-state index contributed by atoms with van der Waals surface area (Å²) in [5.41, 5.74) is -0.325. The van der Waals surface area contributed by atoms with Crippen LogP contribution < -0.4 is 10.1 Å². The van der Waals surface area contributed by atoms with Crippen molar-refractivity contribution in [1.29, 1.82) is 0 Å². The van der Waals surface area contributed by atoms with Crippen molar-refractivity contribution >= 4 is 11.7 Å². The van der Waals surface area contributed by atoms with Crippen molar-refractivity contribution in [3.8, 4) is 16.9 Å². The molecule has 3 rings (SSSR count). The topological polar surface area (TPSA) is 69.0 Å². The minimum Gasteiger partial charge on any atom is -0.492 e. The van der Waals surface area contributed by atoms with Crippen LogP contribution in [0.2, 0.25) is 0 Å².